The Morgan fingerprint density at radius 2 is 2.25 bits per heavy atom. The molecular weight excluding hydrogens is 317 g/mol. The standard InChI is InChI=1S/C11H16IN3O/c1-3-14-11(16)7-15(2)10-5-4-8(13)6-9(10)12/h4-6H,3,7,13H2,1-2H3,(H,14,16). The summed E-state index contributed by atoms with van der Waals surface area (Å²) in [6, 6.07) is 5.66. The van der Waals surface area contributed by atoms with Gasteiger partial charge in [-0.05, 0) is 47.7 Å². The number of hydrogen-bond donors (Lipinski definition) is 2. The number of anilines is 2. The van der Waals surface area contributed by atoms with Gasteiger partial charge in [0.1, 0.15) is 0 Å². The van der Waals surface area contributed by atoms with E-state index in [1.54, 1.807) is 0 Å². The molecule has 0 atom stereocenters. The van der Waals surface area contributed by atoms with Gasteiger partial charge in [0.15, 0.2) is 0 Å². The molecule has 0 radical (unpaired) electrons. The Morgan fingerprint density at radius 3 is 2.81 bits per heavy atom. The summed E-state index contributed by atoms with van der Waals surface area (Å²) in [5.41, 5.74) is 7.42. The molecule has 88 valence electrons. The molecule has 0 aliphatic carbocycles. The molecular formula is C11H16IN3O. The maximum Gasteiger partial charge on any atom is 0.239 e. The Labute approximate surface area is 109 Å². The van der Waals surface area contributed by atoms with E-state index in [1.807, 2.05) is 37.1 Å². The van der Waals surface area contributed by atoms with E-state index in [1.165, 1.54) is 0 Å². The van der Waals surface area contributed by atoms with E-state index in [2.05, 4.69) is 27.9 Å². The minimum Gasteiger partial charge on any atom is -0.399 e. The zero-order valence-electron chi connectivity index (χ0n) is 9.46. The maximum atomic E-state index is 11.4. The first-order valence-corrected chi connectivity index (χ1v) is 6.15. The van der Waals surface area contributed by atoms with Crippen LogP contribution >= 0.6 is 22.6 Å². The highest BCUT2D eigenvalue weighted by Gasteiger charge is 2.09. The first-order chi connectivity index (χ1) is 7.54. The zero-order valence-corrected chi connectivity index (χ0v) is 11.6. The number of likely N-dealkylation sites (N-methyl/N-ethyl adjacent to an activating group) is 2. The lowest BCUT2D eigenvalue weighted by molar-refractivity contribution is -0.119. The van der Waals surface area contributed by atoms with Crippen molar-refractivity contribution in [2.75, 3.05) is 30.8 Å². The Hall–Kier alpha value is -0.980. The highest BCUT2D eigenvalue weighted by atomic mass is 127. The summed E-state index contributed by atoms with van der Waals surface area (Å²) in [5.74, 6) is 0.0256. The Bertz CT molecular complexity index is 381. The molecule has 0 aliphatic rings. The smallest absolute Gasteiger partial charge is 0.239 e. The fourth-order valence-corrected chi connectivity index (χ4v) is 2.34. The van der Waals surface area contributed by atoms with E-state index in [4.69, 9.17) is 5.73 Å². The zero-order chi connectivity index (χ0) is 12.1. The van der Waals surface area contributed by atoms with Crippen molar-refractivity contribution in [2.45, 2.75) is 6.92 Å². The summed E-state index contributed by atoms with van der Waals surface area (Å²) in [7, 11) is 1.89. The molecule has 16 heavy (non-hydrogen) atoms. The topological polar surface area (TPSA) is 58.4 Å². The number of amides is 1. The van der Waals surface area contributed by atoms with Crippen LogP contribution in [0.3, 0.4) is 0 Å². The van der Waals surface area contributed by atoms with Crippen molar-refractivity contribution in [3.63, 3.8) is 0 Å². The van der Waals surface area contributed by atoms with Crippen molar-refractivity contribution >= 4 is 39.9 Å². The molecule has 0 heterocycles. The van der Waals surface area contributed by atoms with Crippen LogP contribution in [0.15, 0.2) is 18.2 Å². The van der Waals surface area contributed by atoms with Gasteiger partial charge in [-0.25, -0.2) is 0 Å². The van der Waals surface area contributed by atoms with Gasteiger partial charge < -0.3 is 16.0 Å². The molecule has 0 fully saturated rings. The largest absolute Gasteiger partial charge is 0.399 e. The predicted molar refractivity (Wildman–Crippen MR) is 75.5 cm³/mol. The van der Waals surface area contributed by atoms with Crippen LogP contribution in [0.1, 0.15) is 6.92 Å². The number of nitrogens with one attached hydrogen (secondary N) is 1. The van der Waals surface area contributed by atoms with Crippen LogP contribution in [0, 0.1) is 3.57 Å². The van der Waals surface area contributed by atoms with Gasteiger partial charge in [0.05, 0.1) is 12.2 Å². The number of nitrogens with two attached hydrogens (primary N) is 1. The Morgan fingerprint density at radius 1 is 1.56 bits per heavy atom. The summed E-state index contributed by atoms with van der Waals surface area (Å²) in [6.07, 6.45) is 0. The number of rotatable bonds is 4. The molecule has 0 aromatic heterocycles. The Balaban J connectivity index is 2.72. The van der Waals surface area contributed by atoms with E-state index >= 15 is 0 Å². The third kappa shape index (κ3) is 3.55. The minimum absolute atomic E-state index is 0.0256. The molecule has 0 bridgehead atoms. The molecule has 0 saturated carbocycles. The molecule has 1 aromatic carbocycles. The second kappa shape index (κ2) is 5.93. The highest BCUT2D eigenvalue weighted by Crippen LogP contribution is 2.23. The fraction of sp³-hybridized carbons (Fsp3) is 0.364. The van der Waals surface area contributed by atoms with Crippen LogP contribution in [-0.4, -0.2) is 26.0 Å². The van der Waals surface area contributed by atoms with Gasteiger partial charge in [-0.1, -0.05) is 0 Å². The van der Waals surface area contributed by atoms with Crippen molar-refractivity contribution in [3.05, 3.63) is 21.8 Å². The van der Waals surface area contributed by atoms with Crippen molar-refractivity contribution in [1.29, 1.82) is 0 Å². The lowest BCUT2D eigenvalue weighted by atomic mass is 10.2. The Kier molecular flexibility index (Phi) is 4.85. The SMILES string of the molecule is CCNC(=O)CN(C)c1ccc(N)cc1I. The van der Waals surface area contributed by atoms with Crippen LogP contribution in [0.2, 0.25) is 0 Å². The third-order valence-electron chi connectivity index (χ3n) is 2.14. The summed E-state index contributed by atoms with van der Waals surface area (Å²) in [5, 5.41) is 2.77. The van der Waals surface area contributed by atoms with Gasteiger partial charge in [-0.3, -0.25) is 4.79 Å². The quantitative estimate of drug-likeness (QED) is 0.648. The number of halogens is 1. The molecule has 0 unspecified atom stereocenters. The van der Waals surface area contributed by atoms with Gasteiger partial charge in [-0.2, -0.15) is 0 Å². The van der Waals surface area contributed by atoms with Crippen LogP contribution < -0.4 is 16.0 Å². The lowest BCUT2D eigenvalue weighted by Gasteiger charge is -2.20. The molecule has 0 spiro atoms. The van der Waals surface area contributed by atoms with Gasteiger partial charge in [0, 0.05) is 22.8 Å². The molecule has 4 nitrogen and oxygen atoms in total. The number of nitrogen functional groups attached to an aromatic ring is 1. The van der Waals surface area contributed by atoms with Gasteiger partial charge in [0.25, 0.3) is 0 Å². The fourth-order valence-electron chi connectivity index (χ4n) is 1.39. The maximum absolute atomic E-state index is 11.4. The first-order valence-electron chi connectivity index (χ1n) is 5.07. The van der Waals surface area contributed by atoms with E-state index in [0.29, 0.717) is 13.1 Å². The number of benzene rings is 1. The molecule has 5 heteroatoms. The van der Waals surface area contributed by atoms with Gasteiger partial charge in [0.2, 0.25) is 5.91 Å². The molecule has 1 aromatic rings. The number of nitrogens with zero attached hydrogens (tertiary/aromatic N) is 1. The number of hydrogen-bond acceptors (Lipinski definition) is 3. The van der Waals surface area contributed by atoms with E-state index < -0.39 is 0 Å². The van der Waals surface area contributed by atoms with E-state index in [-0.39, 0.29) is 5.91 Å². The highest BCUT2D eigenvalue weighted by molar-refractivity contribution is 14.1. The molecule has 0 saturated heterocycles. The van der Waals surface area contributed by atoms with Gasteiger partial charge in [-0.15, -0.1) is 0 Å². The summed E-state index contributed by atoms with van der Waals surface area (Å²) in [4.78, 5) is 13.3. The van der Waals surface area contributed by atoms with Crippen LogP contribution in [0.25, 0.3) is 0 Å². The minimum atomic E-state index is 0.0256. The molecule has 3 N–H and O–H groups in total. The van der Waals surface area contributed by atoms with Crippen molar-refractivity contribution in [2.24, 2.45) is 0 Å². The van der Waals surface area contributed by atoms with Crippen LogP contribution in [0.5, 0.6) is 0 Å². The van der Waals surface area contributed by atoms with Crippen molar-refractivity contribution < 1.29 is 4.79 Å². The van der Waals surface area contributed by atoms with Crippen LogP contribution in [-0.2, 0) is 4.79 Å². The van der Waals surface area contributed by atoms with E-state index in [0.717, 1.165) is 14.9 Å². The molecule has 1 amide bonds. The summed E-state index contributed by atoms with van der Waals surface area (Å²) < 4.78 is 1.05. The summed E-state index contributed by atoms with van der Waals surface area (Å²) in [6.45, 7) is 2.92. The number of carbonyl (C=O) groups excluding carboxylic acids is 1. The van der Waals surface area contributed by atoms with E-state index in [9.17, 15) is 4.79 Å². The van der Waals surface area contributed by atoms with Crippen LogP contribution in [0.4, 0.5) is 11.4 Å². The second-order valence-electron chi connectivity index (χ2n) is 3.52. The van der Waals surface area contributed by atoms with Gasteiger partial charge >= 0.3 is 0 Å². The van der Waals surface area contributed by atoms with Crippen molar-refractivity contribution in [3.8, 4) is 0 Å². The van der Waals surface area contributed by atoms with Crippen molar-refractivity contribution in [1.82, 2.24) is 5.32 Å². The average molecular weight is 333 g/mol. The number of carbonyl (C=O) groups is 1. The second-order valence-corrected chi connectivity index (χ2v) is 4.68. The lowest BCUT2D eigenvalue weighted by Crippen LogP contribution is -2.35. The molecule has 0 aliphatic heterocycles. The summed E-state index contributed by atoms with van der Waals surface area (Å²) >= 11 is 2.22. The third-order valence-corrected chi connectivity index (χ3v) is 3.00. The monoisotopic (exact) mass is 333 g/mol. The molecule has 1 rings (SSSR count). The predicted octanol–water partition coefficient (Wildman–Crippen LogP) is 1.45. The first kappa shape index (κ1) is 13.1. The normalized spacial score (nSPS) is 9.94. The average Bonchev–Trinajstić information content (AvgIpc) is 2.17.